The third-order valence-corrected chi connectivity index (χ3v) is 5.20. The fourth-order valence-electron chi connectivity index (χ4n) is 3.37. The van der Waals surface area contributed by atoms with Gasteiger partial charge in [-0.3, -0.25) is 9.59 Å². The first kappa shape index (κ1) is 23.2. The number of halogens is 2. The van der Waals surface area contributed by atoms with Crippen molar-refractivity contribution in [3.05, 3.63) is 119 Å². The minimum Gasteiger partial charge on any atom is -0.351 e. The van der Waals surface area contributed by atoms with Crippen LogP contribution in [0.3, 0.4) is 0 Å². The largest absolute Gasteiger partial charge is 0.351 e. The molecule has 0 aliphatic carbocycles. The third-order valence-electron chi connectivity index (χ3n) is 4.95. The Morgan fingerprint density at radius 2 is 1.59 bits per heavy atom. The van der Waals surface area contributed by atoms with Gasteiger partial charge in [0.05, 0.1) is 6.42 Å². The average Bonchev–Trinajstić information content (AvgIpc) is 2.80. The molecule has 0 saturated heterocycles. The zero-order valence-electron chi connectivity index (χ0n) is 17.5. The number of benzene rings is 3. The molecule has 0 bridgehead atoms. The Hall–Kier alpha value is -3.44. The van der Waals surface area contributed by atoms with Crippen molar-refractivity contribution in [3.8, 4) is 0 Å². The highest BCUT2D eigenvalue weighted by atomic mass is 35.5. The molecule has 0 saturated carbocycles. The number of carbonyl (C=O) groups is 2. The normalized spacial score (nSPS) is 11.4. The van der Waals surface area contributed by atoms with E-state index in [-0.39, 0.29) is 37.1 Å². The molecule has 0 unspecified atom stereocenters. The molecule has 3 aromatic carbocycles. The summed E-state index contributed by atoms with van der Waals surface area (Å²) in [5, 5.41) is 3.38. The van der Waals surface area contributed by atoms with Gasteiger partial charge in [-0.2, -0.15) is 0 Å². The van der Waals surface area contributed by atoms with Gasteiger partial charge in [-0.15, -0.1) is 6.58 Å². The van der Waals surface area contributed by atoms with E-state index in [1.165, 1.54) is 17.0 Å². The summed E-state index contributed by atoms with van der Waals surface area (Å²) >= 11 is 5.96. The van der Waals surface area contributed by atoms with E-state index in [2.05, 4.69) is 11.9 Å². The van der Waals surface area contributed by atoms with E-state index < -0.39 is 6.04 Å². The number of hydrogen-bond donors (Lipinski definition) is 1. The molecule has 32 heavy (non-hydrogen) atoms. The van der Waals surface area contributed by atoms with E-state index in [0.29, 0.717) is 16.1 Å². The van der Waals surface area contributed by atoms with Gasteiger partial charge in [0.15, 0.2) is 0 Å². The lowest BCUT2D eigenvalue weighted by Crippen LogP contribution is -2.44. The van der Waals surface area contributed by atoms with Crippen LogP contribution >= 0.6 is 11.6 Å². The van der Waals surface area contributed by atoms with E-state index in [1.54, 1.807) is 42.5 Å². The van der Waals surface area contributed by atoms with Crippen LogP contribution in [0.25, 0.3) is 0 Å². The summed E-state index contributed by atoms with van der Waals surface area (Å²) in [6, 6.07) is 21.2. The minimum absolute atomic E-state index is 0.0937. The second-order valence-electron chi connectivity index (χ2n) is 7.30. The predicted octanol–water partition coefficient (Wildman–Crippen LogP) is 5.09. The van der Waals surface area contributed by atoms with Crippen LogP contribution in [0.1, 0.15) is 22.7 Å². The Morgan fingerprint density at radius 3 is 2.22 bits per heavy atom. The number of nitrogens with zero attached hydrogens (tertiary/aromatic N) is 1. The van der Waals surface area contributed by atoms with Crippen LogP contribution in [0.2, 0.25) is 5.02 Å². The standard InChI is InChI=1S/C26H24ClFN2O2/c1-2-16-29-26(32)25(21-6-4-3-5-7-21)30(18-20-10-14-23(28)15-11-20)24(31)17-19-8-12-22(27)13-9-19/h2-15,25H,1,16-18H2,(H,29,32)/t25-/m1/s1. The number of nitrogens with one attached hydrogen (secondary N) is 1. The maximum atomic E-state index is 13.5. The smallest absolute Gasteiger partial charge is 0.247 e. The molecule has 0 fully saturated rings. The molecule has 164 valence electrons. The molecule has 0 aromatic heterocycles. The van der Waals surface area contributed by atoms with Gasteiger partial charge in [0, 0.05) is 18.1 Å². The van der Waals surface area contributed by atoms with Gasteiger partial charge in [-0.1, -0.05) is 72.3 Å². The highest BCUT2D eigenvalue weighted by Crippen LogP contribution is 2.25. The maximum Gasteiger partial charge on any atom is 0.247 e. The summed E-state index contributed by atoms with van der Waals surface area (Å²) in [6.07, 6.45) is 1.68. The molecule has 0 aliphatic rings. The van der Waals surface area contributed by atoms with Crippen molar-refractivity contribution in [2.24, 2.45) is 0 Å². The quantitative estimate of drug-likeness (QED) is 0.461. The molecule has 6 heteroatoms. The van der Waals surface area contributed by atoms with Gasteiger partial charge in [-0.25, -0.2) is 4.39 Å². The SMILES string of the molecule is C=CCNC(=O)[C@@H](c1ccccc1)N(Cc1ccc(F)cc1)C(=O)Cc1ccc(Cl)cc1. The molecule has 1 atom stereocenters. The first-order valence-electron chi connectivity index (χ1n) is 10.2. The molecule has 3 rings (SSSR count). The summed E-state index contributed by atoms with van der Waals surface area (Å²) < 4.78 is 13.4. The first-order chi connectivity index (χ1) is 15.5. The second kappa shape index (κ2) is 11.3. The molecule has 0 spiro atoms. The van der Waals surface area contributed by atoms with Crippen molar-refractivity contribution < 1.29 is 14.0 Å². The van der Waals surface area contributed by atoms with Crippen molar-refractivity contribution in [1.29, 1.82) is 0 Å². The van der Waals surface area contributed by atoms with Crippen LogP contribution in [0.5, 0.6) is 0 Å². The van der Waals surface area contributed by atoms with Crippen LogP contribution in [0.15, 0.2) is 91.5 Å². The topological polar surface area (TPSA) is 49.4 Å². The number of rotatable bonds is 9. The third kappa shape index (κ3) is 6.28. The monoisotopic (exact) mass is 450 g/mol. The Bertz CT molecular complexity index is 1050. The van der Waals surface area contributed by atoms with Gasteiger partial charge in [0.25, 0.3) is 0 Å². The zero-order valence-corrected chi connectivity index (χ0v) is 18.3. The van der Waals surface area contributed by atoms with E-state index in [4.69, 9.17) is 11.6 Å². The van der Waals surface area contributed by atoms with Gasteiger partial charge < -0.3 is 10.2 Å². The Balaban J connectivity index is 1.98. The average molecular weight is 451 g/mol. The Labute approximate surface area is 192 Å². The number of carbonyl (C=O) groups excluding carboxylic acids is 2. The fraction of sp³-hybridized carbons (Fsp3) is 0.154. The first-order valence-corrected chi connectivity index (χ1v) is 10.6. The number of hydrogen-bond acceptors (Lipinski definition) is 2. The molecule has 3 aromatic rings. The van der Waals surface area contributed by atoms with Crippen molar-refractivity contribution in [2.45, 2.75) is 19.0 Å². The van der Waals surface area contributed by atoms with Crippen molar-refractivity contribution in [1.82, 2.24) is 10.2 Å². The van der Waals surface area contributed by atoms with Crippen LogP contribution in [0.4, 0.5) is 4.39 Å². The van der Waals surface area contributed by atoms with Crippen molar-refractivity contribution in [2.75, 3.05) is 6.54 Å². The molecular formula is C26H24ClFN2O2. The van der Waals surface area contributed by atoms with Crippen LogP contribution in [-0.2, 0) is 22.6 Å². The van der Waals surface area contributed by atoms with Gasteiger partial charge in [0.1, 0.15) is 11.9 Å². The lowest BCUT2D eigenvalue weighted by molar-refractivity contribution is -0.141. The van der Waals surface area contributed by atoms with Crippen LogP contribution in [0, 0.1) is 5.82 Å². The molecule has 0 heterocycles. The number of amides is 2. The summed E-state index contributed by atoms with van der Waals surface area (Å²) in [4.78, 5) is 28.2. The molecule has 1 N–H and O–H groups in total. The van der Waals surface area contributed by atoms with E-state index in [0.717, 1.165) is 5.56 Å². The van der Waals surface area contributed by atoms with Crippen molar-refractivity contribution in [3.63, 3.8) is 0 Å². The summed E-state index contributed by atoms with van der Waals surface area (Å²) in [5.74, 6) is -0.918. The lowest BCUT2D eigenvalue weighted by atomic mass is 10.0. The van der Waals surface area contributed by atoms with Crippen LogP contribution in [-0.4, -0.2) is 23.3 Å². The van der Waals surface area contributed by atoms with Crippen molar-refractivity contribution >= 4 is 23.4 Å². The van der Waals surface area contributed by atoms with E-state index in [9.17, 15) is 14.0 Å². The molecule has 0 aliphatic heterocycles. The van der Waals surface area contributed by atoms with Gasteiger partial charge in [0.2, 0.25) is 11.8 Å². The zero-order chi connectivity index (χ0) is 22.9. The lowest BCUT2D eigenvalue weighted by Gasteiger charge is -2.31. The predicted molar refractivity (Wildman–Crippen MR) is 124 cm³/mol. The molecule has 2 amide bonds. The molecule has 0 radical (unpaired) electrons. The Kier molecular flexibility index (Phi) is 8.17. The van der Waals surface area contributed by atoms with E-state index in [1.807, 2.05) is 30.3 Å². The van der Waals surface area contributed by atoms with Gasteiger partial charge >= 0.3 is 0 Å². The van der Waals surface area contributed by atoms with Gasteiger partial charge in [-0.05, 0) is 41.0 Å². The maximum absolute atomic E-state index is 13.5. The van der Waals surface area contributed by atoms with E-state index >= 15 is 0 Å². The van der Waals surface area contributed by atoms with Crippen LogP contribution < -0.4 is 5.32 Å². The highest BCUT2D eigenvalue weighted by Gasteiger charge is 2.31. The molecular weight excluding hydrogens is 427 g/mol. The second-order valence-corrected chi connectivity index (χ2v) is 7.73. The minimum atomic E-state index is -0.860. The summed E-state index contributed by atoms with van der Waals surface area (Å²) in [7, 11) is 0. The molecule has 4 nitrogen and oxygen atoms in total. The highest BCUT2D eigenvalue weighted by molar-refractivity contribution is 6.30. The summed E-state index contributed by atoms with van der Waals surface area (Å²) in [5.41, 5.74) is 2.18. The summed E-state index contributed by atoms with van der Waals surface area (Å²) in [6.45, 7) is 4.06. The fourth-order valence-corrected chi connectivity index (χ4v) is 3.49. The Morgan fingerprint density at radius 1 is 0.969 bits per heavy atom.